The van der Waals surface area contributed by atoms with Gasteiger partial charge in [-0.25, -0.2) is 9.37 Å². The van der Waals surface area contributed by atoms with Crippen molar-refractivity contribution in [1.29, 1.82) is 0 Å². The van der Waals surface area contributed by atoms with E-state index in [1.54, 1.807) is 19.2 Å². The molecule has 0 amide bonds. The molecule has 4 rings (SSSR count). The van der Waals surface area contributed by atoms with E-state index in [0.717, 1.165) is 67.6 Å². The fraction of sp³-hybridized carbons (Fsp3) is 0.533. The number of carbonyl (C=O) groups excluding carboxylic acids is 1. The van der Waals surface area contributed by atoms with Crippen molar-refractivity contribution >= 4 is 16.8 Å². The van der Waals surface area contributed by atoms with Crippen LogP contribution in [0.25, 0.3) is 11.0 Å². The van der Waals surface area contributed by atoms with E-state index in [1.165, 1.54) is 5.56 Å². The normalized spacial score (nSPS) is 19.8. The molecule has 36 heavy (non-hydrogen) atoms. The van der Waals surface area contributed by atoms with Gasteiger partial charge in [0.25, 0.3) is 0 Å². The number of hydrogen-bond donors (Lipinski definition) is 1. The fourth-order valence-electron chi connectivity index (χ4n) is 6.37. The summed E-state index contributed by atoms with van der Waals surface area (Å²) >= 11 is 0. The van der Waals surface area contributed by atoms with Crippen molar-refractivity contribution in [3.8, 4) is 0 Å². The number of nitrogens with zero attached hydrogens (tertiary/aromatic N) is 2. The molecule has 0 radical (unpaired) electrons. The van der Waals surface area contributed by atoms with E-state index >= 15 is 0 Å². The zero-order valence-corrected chi connectivity index (χ0v) is 22.1. The number of Topliss-reactive ketones (excluding diaryl/α,β-unsaturated/α-hetero) is 1. The SMILES string of the molecule is COCC(=O)C[C@]1(CCN(C)CCCc2nc3ccccc3[nH]2)CCc2cc(F)ccc2[C@@H]1C(C)C. The molecule has 194 valence electrons. The third kappa shape index (κ3) is 6.04. The van der Waals surface area contributed by atoms with E-state index in [1.807, 2.05) is 24.3 Å². The van der Waals surface area contributed by atoms with Crippen molar-refractivity contribution in [2.75, 3.05) is 33.9 Å². The van der Waals surface area contributed by atoms with E-state index < -0.39 is 0 Å². The predicted molar refractivity (Wildman–Crippen MR) is 143 cm³/mol. The van der Waals surface area contributed by atoms with Gasteiger partial charge in [0.1, 0.15) is 18.2 Å². The van der Waals surface area contributed by atoms with Gasteiger partial charge in [0.15, 0.2) is 5.78 Å². The van der Waals surface area contributed by atoms with Crippen molar-refractivity contribution in [3.05, 3.63) is 65.2 Å². The highest BCUT2D eigenvalue weighted by molar-refractivity contribution is 5.80. The predicted octanol–water partition coefficient (Wildman–Crippen LogP) is 5.93. The van der Waals surface area contributed by atoms with Gasteiger partial charge < -0.3 is 14.6 Å². The highest BCUT2D eigenvalue weighted by Gasteiger charge is 2.45. The van der Waals surface area contributed by atoms with Gasteiger partial charge in [0, 0.05) is 20.0 Å². The lowest BCUT2D eigenvalue weighted by molar-refractivity contribution is -0.126. The van der Waals surface area contributed by atoms with Crippen molar-refractivity contribution in [2.24, 2.45) is 11.3 Å². The Hall–Kier alpha value is -2.57. The Morgan fingerprint density at radius 1 is 1.25 bits per heavy atom. The van der Waals surface area contributed by atoms with Crippen LogP contribution in [-0.2, 0) is 22.4 Å². The zero-order valence-electron chi connectivity index (χ0n) is 22.1. The summed E-state index contributed by atoms with van der Waals surface area (Å²) in [5.41, 5.74) is 4.27. The van der Waals surface area contributed by atoms with E-state index in [9.17, 15) is 9.18 Å². The van der Waals surface area contributed by atoms with Gasteiger partial charge in [-0.2, -0.15) is 0 Å². The molecule has 0 unspecified atom stereocenters. The molecule has 3 aromatic rings. The molecule has 5 nitrogen and oxygen atoms in total. The average Bonchev–Trinajstić information content (AvgIpc) is 3.25. The number of ether oxygens (including phenoxy) is 1. The fourth-order valence-corrected chi connectivity index (χ4v) is 6.37. The first-order valence-corrected chi connectivity index (χ1v) is 13.2. The number of benzene rings is 2. The van der Waals surface area contributed by atoms with Crippen LogP contribution in [0.1, 0.15) is 62.4 Å². The van der Waals surface area contributed by atoms with Crippen molar-refractivity contribution in [3.63, 3.8) is 0 Å². The molecule has 1 aliphatic carbocycles. The number of para-hydroxylation sites is 2. The number of H-pyrrole nitrogens is 1. The number of rotatable bonds is 12. The summed E-state index contributed by atoms with van der Waals surface area (Å²) in [4.78, 5) is 23.4. The Bertz CT molecular complexity index is 1140. The Morgan fingerprint density at radius 2 is 2.06 bits per heavy atom. The van der Waals surface area contributed by atoms with Crippen LogP contribution in [0, 0.1) is 17.2 Å². The Kier molecular flexibility index (Phi) is 8.58. The number of aryl methyl sites for hydroxylation is 2. The topological polar surface area (TPSA) is 58.2 Å². The molecular weight excluding hydrogens is 453 g/mol. The summed E-state index contributed by atoms with van der Waals surface area (Å²) in [7, 11) is 3.75. The third-order valence-corrected chi connectivity index (χ3v) is 7.90. The molecule has 1 N–H and O–H groups in total. The molecule has 0 saturated carbocycles. The summed E-state index contributed by atoms with van der Waals surface area (Å²) in [6.07, 6.45) is 5.07. The largest absolute Gasteiger partial charge is 0.377 e. The molecule has 0 fully saturated rings. The van der Waals surface area contributed by atoms with Crippen LogP contribution >= 0.6 is 0 Å². The molecule has 2 aromatic carbocycles. The number of fused-ring (bicyclic) bond motifs is 2. The van der Waals surface area contributed by atoms with Crippen LogP contribution in [0.2, 0.25) is 0 Å². The number of hydrogen-bond acceptors (Lipinski definition) is 4. The number of halogens is 1. The number of aromatic nitrogens is 2. The molecule has 1 heterocycles. The lowest BCUT2D eigenvalue weighted by atomic mass is 9.57. The first kappa shape index (κ1) is 26.5. The van der Waals surface area contributed by atoms with Gasteiger partial charge >= 0.3 is 0 Å². The van der Waals surface area contributed by atoms with Crippen molar-refractivity contribution in [2.45, 2.75) is 58.3 Å². The number of carbonyl (C=O) groups is 1. The van der Waals surface area contributed by atoms with Crippen LogP contribution in [0.5, 0.6) is 0 Å². The van der Waals surface area contributed by atoms with Crippen molar-refractivity contribution < 1.29 is 13.9 Å². The molecular formula is C30H40FN3O2. The van der Waals surface area contributed by atoms with Gasteiger partial charge in [-0.3, -0.25) is 4.79 Å². The molecule has 2 atom stereocenters. The van der Waals surface area contributed by atoms with Crippen LogP contribution in [0.4, 0.5) is 4.39 Å². The maximum absolute atomic E-state index is 14.0. The number of methoxy groups -OCH3 is 1. The molecule has 0 aliphatic heterocycles. The summed E-state index contributed by atoms with van der Waals surface area (Å²) in [6.45, 7) is 6.50. The van der Waals surface area contributed by atoms with Gasteiger partial charge in [-0.1, -0.05) is 32.0 Å². The van der Waals surface area contributed by atoms with E-state index in [-0.39, 0.29) is 29.5 Å². The summed E-state index contributed by atoms with van der Waals surface area (Å²) in [6, 6.07) is 13.4. The zero-order chi connectivity index (χ0) is 25.7. The lowest BCUT2D eigenvalue weighted by Crippen LogP contribution is -2.41. The molecule has 1 aromatic heterocycles. The summed E-state index contributed by atoms with van der Waals surface area (Å²) in [5.74, 6) is 1.57. The molecule has 6 heteroatoms. The monoisotopic (exact) mass is 493 g/mol. The minimum Gasteiger partial charge on any atom is -0.377 e. The quantitative estimate of drug-likeness (QED) is 0.340. The second kappa shape index (κ2) is 11.7. The maximum Gasteiger partial charge on any atom is 0.159 e. The maximum atomic E-state index is 14.0. The number of ketones is 1. The molecule has 1 aliphatic rings. The van der Waals surface area contributed by atoms with Crippen molar-refractivity contribution in [1.82, 2.24) is 14.9 Å². The van der Waals surface area contributed by atoms with Crippen LogP contribution in [0.15, 0.2) is 42.5 Å². The first-order chi connectivity index (χ1) is 17.3. The van der Waals surface area contributed by atoms with Crippen LogP contribution in [-0.4, -0.2) is 54.5 Å². The van der Waals surface area contributed by atoms with Crippen LogP contribution < -0.4 is 0 Å². The standard InChI is InChI=1S/C30H40FN3O2/c1-21(2)29-25-12-11-23(31)18-22(25)13-14-30(29,19-24(35)20-36-4)15-17-34(3)16-7-10-28-32-26-8-5-6-9-27(26)33-28/h5-6,8-9,11-12,18,21,29H,7,10,13-17,19-20H2,1-4H3,(H,32,33)/t29-,30+/m0/s1. The summed E-state index contributed by atoms with van der Waals surface area (Å²) < 4.78 is 19.2. The van der Waals surface area contributed by atoms with Gasteiger partial charge in [-0.05, 0) is 98.5 Å². The van der Waals surface area contributed by atoms with Gasteiger partial charge in [0.05, 0.1) is 11.0 Å². The number of imidazole rings is 1. The molecule has 0 bridgehead atoms. The Morgan fingerprint density at radius 3 is 2.81 bits per heavy atom. The van der Waals surface area contributed by atoms with Gasteiger partial charge in [0.2, 0.25) is 0 Å². The van der Waals surface area contributed by atoms with E-state index in [2.05, 4.69) is 36.8 Å². The van der Waals surface area contributed by atoms with E-state index in [4.69, 9.17) is 9.72 Å². The third-order valence-electron chi connectivity index (χ3n) is 7.90. The smallest absolute Gasteiger partial charge is 0.159 e. The Labute approximate surface area is 214 Å². The second-order valence-electron chi connectivity index (χ2n) is 10.9. The second-order valence-corrected chi connectivity index (χ2v) is 10.9. The molecule has 0 spiro atoms. The highest BCUT2D eigenvalue weighted by Crippen LogP contribution is 2.53. The lowest BCUT2D eigenvalue weighted by Gasteiger charge is -2.48. The summed E-state index contributed by atoms with van der Waals surface area (Å²) in [5, 5.41) is 0. The number of aromatic amines is 1. The highest BCUT2D eigenvalue weighted by atomic mass is 19.1. The van der Waals surface area contributed by atoms with Gasteiger partial charge in [-0.15, -0.1) is 0 Å². The molecule has 0 saturated heterocycles. The Balaban J connectivity index is 1.44. The average molecular weight is 494 g/mol. The minimum absolute atomic E-state index is 0.149. The first-order valence-electron chi connectivity index (χ1n) is 13.2. The minimum atomic E-state index is -0.177. The van der Waals surface area contributed by atoms with Crippen LogP contribution in [0.3, 0.4) is 0 Å². The van der Waals surface area contributed by atoms with E-state index in [0.29, 0.717) is 12.3 Å². The number of nitrogens with one attached hydrogen (secondary N) is 1.